The zero-order chi connectivity index (χ0) is 15.1. The highest BCUT2D eigenvalue weighted by molar-refractivity contribution is 7.15. The lowest BCUT2D eigenvalue weighted by Crippen LogP contribution is -2.28. The maximum absolute atomic E-state index is 5.26. The first-order valence-electron chi connectivity index (χ1n) is 7.00. The number of rotatable bonds is 9. The summed E-state index contributed by atoms with van der Waals surface area (Å²) in [5, 5.41) is 4.52. The normalized spacial score (nSPS) is 11.6. The average Bonchev–Trinajstić information content (AvgIpc) is 2.77. The van der Waals surface area contributed by atoms with Crippen LogP contribution in [0.3, 0.4) is 0 Å². The van der Waals surface area contributed by atoms with Gasteiger partial charge >= 0.3 is 0 Å². The molecule has 1 N–H and O–H groups in total. The van der Waals surface area contributed by atoms with E-state index in [1.807, 2.05) is 0 Å². The number of likely N-dealkylation sites (N-methyl/N-ethyl adjacent to an activating group) is 2. The Balaban J connectivity index is 2.73. The van der Waals surface area contributed by atoms with Crippen molar-refractivity contribution in [3.05, 3.63) is 10.6 Å². The van der Waals surface area contributed by atoms with E-state index in [-0.39, 0.29) is 0 Å². The van der Waals surface area contributed by atoms with Gasteiger partial charge in [-0.2, -0.15) is 0 Å². The predicted molar refractivity (Wildman–Crippen MR) is 86.6 cm³/mol. The topological polar surface area (TPSA) is 40.6 Å². The maximum atomic E-state index is 5.26. The minimum Gasteiger partial charge on any atom is -0.378 e. The van der Waals surface area contributed by atoms with E-state index in [1.54, 1.807) is 18.4 Å². The molecule has 0 bridgehead atoms. The Morgan fingerprint density at radius 3 is 2.50 bits per heavy atom. The quantitative estimate of drug-likeness (QED) is 0.753. The molecule has 6 heteroatoms. The number of aromatic nitrogens is 1. The third-order valence-electron chi connectivity index (χ3n) is 2.93. The van der Waals surface area contributed by atoms with Gasteiger partial charge in [0.05, 0.1) is 12.3 Å². The Bertz CT molecular complexity index is 393. The summed E-state index contributed by atoms with van der Waals surface area (Å²) in [6.45, 7) is 7.74. The molecule has 0 amide bonds. The Kier molecular flexibility index (Phi) is 7.43. The maximum Gasteiger partial charge on any atom is 0.185 e. The third kappa shape index (κ3) is 5.75. The number of hydrogen-bond donors (Lipinski definition) is 1. The molecule has 0 radical (unpaired) electrons. The van der Waals surface area contributed by atoms with E-state index in [0.717, 1.165) is 30.5 Å². The van der Waals surface area contributed by atoms with Crippen LogP contribution in [0.25, 0.3) is 0 Å². The van der Waals surface area contributed by atoms with Crippen molar-refractivity contribution < 1.29 is 4.74 Å². The number of nitrogens with one attached hydrogen (secondary N) is 1. The molecule has 5 nitrogen and oxygen atoms in total. The van der Waals surface area contributed by atoms with Crippen molar-refractivity contribution in [2.45, 2.75) is 33.0 Å². The largest absolute Gasteiger partial charge is 0.378 e. The Morgan fingerprint density at radius 2 is 1.95 bits per heavy atom. The summed E-state index contributed by atoms with van der Waals surface area (Å²) >= 11 is 1.76. The zero-order valence-corrected chi connectivity index (χ0v) is 14.4. The number of ether oxygens (including phenoxy) is 1. The van der Waals surface area contributed by atoms with Gasteiger partial charge in [-0.1, -0.05) is 13.8 Å². The van der Waals surface area contributed by atoms with E-state index in [0.29, 0.717) is 12.6 Å². The van der Waals surface area contributed by atoms with Gasteiger partial charge in [-0.15, -0.1) is 11.3 Å². The molecule has 0 saturated carbocycles. The second-order valence-electron chi connectivity index (χ2n) is 5.56. The standard InChI is InChI=1S/C14H28N4OS/c1-11(2)15-9-13-12(10-19-6)16-14(20-13)18(5)8-7-17(3)4/h11,15H,7-10H2,1-6H3. The highest BCUT2D eigenvalue weighted by atomic mass is 32.1. The Labute approximate surface area is 126 Å². The number of thiazole rings is 1. The van der Waals surface area contributed by atoms with E-state index < -0.39 is 0 Å². The van der Waals surface area contributed by atoms with Gasteiger partial charge in [0.2, 0.25) is 0 Å². The van der Waals surface area contributed by atoms with E-state index in [9.17, 15) is 0 Å². The summed E-state index contributed by atoms with van der Waals surface area (Å²) in [5.74, 6) is 0. The fraction of sp³-hybridized carbons (Fsp3) is 0.786. The second-order valence-corrected chi connectivity index (χ2v) is 6.62. The van der Waals surface area contributed by atoms with Crippen LogP contribution in [0.4, 0.5) is 5.13 Å². The molecule has 20 heavy (non-hydrogen) atoms. The lowest BCUT2D eigenvalue weighted by molar-refractivity contribution is 0.181. The number of hydrogen-bond acceptors (Lipinski definition) is 6. The van der Waals surface area contributed by atoms with E-state index in [1.165, 1.54) is 4.88 Å². The van der Waals surface area contributed by atoms with Crippen molar-refractivity contribution in [3.63, 3.8) is 0 Å². The zero-order valence-electron chi connectivity index (χ0n) is 13.6. The lowest BCUT2D eigenvalue weighted by atomic mass is 10.3. The Morgan fingerprint density at radius 1 is 1.25 bits per heavy atom. The van der Waals surface area contributed by atoms with Crippen molar-refractivity contribution in [1.29, 1.82) is 0 Å². The molecule has 0 aliphatic heterocycles. The van der Waals surface area contributed by atoms with Crippen LogP contribution in [0.15, 0.2) is 0 Å². The van der Waals surface area contributed by atoms with Gasteiger partial charge < -0.3 is 19.9 Å². The highest BCUT2D eigenvalue weighted by Gasteiger charge is 2.14. The van der Waals surface area contributed by atoms with Crippen molar-refractivity contribution in [2.75, 3.05) is 46.2 Å². The molecule has 116 valence electrons. The molecule has 0 aliphatic carbocycles. The van der Waals surface area contributed by atoms with Crippen LogP contribution < -0.4 is 10.2 Å². The first-order chi connectivity index (χ1) is 9.43. The summed E-state index contributed by atoms with van der Waals surface area (Å²) in [6, 6.07) is 0.474. The van der Waals surface area contributed by atoms with Gasteiger partial charge in [-0.05, 0) is 14.1 Å². The molecule has 0 fully saturated rings. The Hall–Kier alpha value is -0.690. The molecule has 1 aromatic rings. The number of anilines is 1. The number of methoxy groups -OCH3 is 1. The van der Waals surface area contributed by atoms with Crippen LogP contribution in [0.1, 0.15) is 24.4 Å². The fourth-order valence-electron chi connectivity index (χ4n) is 1.66. The van der Waals surface area contributed by atoms with Crippen LogP contribution in [-0.2, 0) is 17.9 Å². The van der Waals surface area contributed by atoms with Crippen LogP contribution in [-0.4, -0.2) is 57.3 Å². The molecule has 0 aromatic carbocycles. The van der Waals surface area contributed by atoms with Crippen molar-refractivity contribution >= 4 is 16.5 Å². The molecular formula is C14H28N4OS. The summed E-state index contributed by atoms with van der Waals surface area (Å²) in [7, 11) is 7.99. The molecule has 1 aromatic heterocycles. The first-order valence-corrected chi connectivity index (χ1v) is 7.82. The van der Waals surface area contributed by atoms with Crippen LogP contribution in [0.5, 0.6) is 0 Å². The monoisotopic (exact) mass is 300 g/mol. The van der Waals surface area contributed by atoms with Gasteiger partial charge in [0.15, 0.2) is 5.13 Å². The summed E-state index contributed by atoms with van der Waals surface area (Å²) in [4.78, 5) is 10.4. The number of nitrogens with zero attached hydrogens (tertiary/aromatic N) is 3. The third-order valence-corrected chi connectivity index (χ3v) is 4.14. The van der Waals surface area contributed by atoms with Gasteiger partial charge in [0.25, 0.3) is 0 Å². The van der Waals surface area contributed by atoms with E-state index in [2.05, 4.69) is 50.1 Å². The second kappa shape index (κ2) is 8.56. The molecule has 0 atom stereocenters. The smallest absolute Gasteiger partial charge is 0.185 e. The molecular weight excluding hydrogens is 272 g/mol. The first kappa shape index (κ1) is 17.4. The van der Waals surface area contributed by atoms with Crippen LogP contribution >= 0.6 is 11.3 Å². The minimum absolute atomic E-state index is 0.474. The highest BCUT2D eigenvalue weighted by Crippen LogP contribution is 2.26. The summed E-state index contributed by atoms with van der Waals surface area (Å²) in [6.07, 6.45) is 0. The van der Waals surface area contributed by atoms with Gasteiger partial charge in [-0.25, -0.2) is 4.98 Å². The van der Waals surface area contributed by atoms with Crippen molar-refractivity contribution in [2.24, 2.45) is 0 Å². The molecule has 0 aliphatic rings. The lowest BCUT2D eigenvalue weighted by Gasteiger charge is -2.18. The predicted octanol–water partition coefficient (Wildman–Crippen LogP) is 1.79. The van der Waals surface area contributed by atoms with Crippen molar-refractivity contribution in [1.82, 2.24) is 15.2 Å². The summed E-state index contributed by atoms with van der Waals surface area (Å²) in [5.41, 5.74) is 1.05. The molecule has 0 saturated heterocycles. The van der Waals surface area contributed by atoms with E-state index in [4.69, 9.17) is 9.72 Å². The fourth-order valence-corrected chi connectivity index (χ4v) is 2.66. The minimum atomic E-state index is 0.474. The molecule has 1 heterocycles. The molecule has 0 unspecified atom stereocenters. The molecule has 1 rings (SSSR count). The van der Waals surface area contributed by atoms with Crippen LogP contribution in [0, 0.1) is 0 Å². The summed E-state index contributed by atoms with van der Waals surface area (Å²) < 4.78 is 5.26. The van der Waals surface area contributed by atoms with Gasteiger partial charge in [0.1, 0.15) is 0 Å². The average molecular weight is 300 g/mol. The van der Waals surface area contributed by atoms with Crippen LogP contribution in [0.2, 0.25) is 0 Å². The van der Waals surface area contributed by atoms with Gasteiger partial charge in [-0.3, -0.25) is 0 Å². The van der Waals surface area contributed by atoms with Gasteiger partial charge in [0, 0.05) is 44.7 Å². The SMILES string of the molecule is COCc1nc(N(C)CCN(C)C)sc1CNC(C)C. The van der Waals surface area contributed by atoms with E-state index >= 15 is 0 Å². The van der Waals surface area contributed by atoms with Crippen molar-refractivity contribution in [3.8, 4) is 0 Å². The molecule has 0 spiro atoms.